The first kappa shape index (κ1) is 11.2. The third-order valence-electron chi connectivity index (χ3n) is 2.30. The molecule has 0 aliphatic carbocycles. The van der Waals surface area contributed by atoms with E-state index in [0.29, 0.717) is 12.0 Å². The molecule has 0 radical (unpaired) electrons. The fourth-order valence-electron chi connectivity index (χ4n) is 1.63. The van der Waals surface area contributed by atoms with Gasteiger partial charge in [0, 0.05) is 6.04 Å². The fraction of sp³-hybridized carbons (Fsp3) is 0.818. The van der Waals surface area contributed by atoms with Gasteiger partial charge in [-0.15, -0.1) is 5.10 Å². The Hall–Kier alpha value is -0.860. The lowest BCUT2D eigenvalue weighted by atomic mass is 10.1. The molecule has 0 spiro atoms. The summed E-state index contributed by atoms with van der Waals surface area (Å²) in [6.45, 7) is 10.9. The molecule has 1 rings (SSSR count). The van der Waals surface area contributed by atoms with Crippen LogP contribution in [0.5, 0.6) is 0 Å². The van der Waals surface area contributed by atoms with Crippen LogP contribution in [0.1, 0.15) is 52.0 Å². The Balaban J connectivity index is 3.00. The Morgan fingerprint density at radius 2 is 1.86 bits per heavy atom. The molecular formula is C11H21N3. The van der Waals surface area contributed by atoms with E-state index in [9.17, 15) is 0 Å². The maximum Gasteiger partial charge on any atom is 0.0856 e. The van der Waals surface area contributed by atoms with Crippen LogP contribution < -0.4 is 0 Å². The summed E-state index contributed by atoms with van der Waals surface area (Å²) in [7, 11) is 0. The minimum atomic E-state index is 0.413. The van der Waals surface area contributed by atoms with Crippen LogP contribution in [0.15, 0.2) is 0 Å². The quantitative estimate of drug-likeness (QED) is 0.739. The molecule has 1 aromatic heterocycles. The van der Waals surface area contributed by atoms with Gasteiger partial charge in [-0.1, -0.05) is 26.0 Å². The van der Waals surface area contributed by atoms with E-state index in [2.05, 4.69) is 49.6 Å². The van der Waals surface area contributed by atoms with Crippen molar-refractivity contribution in [1.82, 2.24) is 15.0 Å². The second kappa shape index (κ2) is 4.58. The Labute approximate surface area is 86.5 Å². The highest BCUT2D eigenvalue weighted by Crippen LogP contribution is 2.16. The summed E-state index contributed by atoms with van der Waals surface area (Å²) < 4.78 is 2.05. The molecule has 1 heterocycles. The van der Waals surface area contributed by atoms with Crippen LogP contribution in [0, 0.1) is 5.92 Å². The molecule has 0 amide bonds. The highest BCUT2D eigenvalue weighted by Gasteiger charge is 2.14. The van der Waals surface area contributed by atoms with Gasteiger partial charge in [-0.2, -0.15) is 0 Å². The Kier molecular flexibility index (Phi) is 3.67. The van der Waals surface area contributed by atoms with E-state index in [1.807, 2.05) is 0 Å². The lowest BCUT2D eigenvalue weighted by Gasteiger charge is -2.12. The molecule has 0 fully saturated rings. The fourth-order valence-corrected chi connectivity index (χ4v) is 1.63. The molecule has 0 aliphatic rings. The van der Waals surface area contributed by atoms with Gasteiger partial charge in [-0.05, 0) is 32.6 Å². The van der Waals surface area contributed by atoms with Crippen molar-refractivity contribution in [2.24, 2.45) is 5.92 Å². The van der Waals surface area contributed by atoms with Crippen molar-refractivity contribution in [1.29, 1.82) is 0 Å². The van der Waals surface area contributed by atoms with Crippen LogP contribution in [0.25, 0.3) is 0 Å². The minimum Gasteiger partial charge on any atom is -0.247 e. The van der Waals surface area contributed by atoms with Gasteiger partial charge in [0.05, 0.1) is 11.4 Å². The molecule has 3 heteroatoms. The highest BCUT2D eigenvalue weighted by molar-refractivity contribution is 5.11. The predicted molar refractivity (Wildman–Crippen MR) is 58.3 cm³/mol. The molecular weight excluding hydrogens is 174 g/mol. The van der Waals surface area contributed by atoms with Crippen LogP contribution >= 0.6 is 0 Å². The predicted octanol–water partition coefficient (Wildman–Crippen LogP) is 2.62. The first-order valence-electron chi connectivity index (χ1n) is 5.49. The lowest BCUT2D eigenvalue weighted by molar-refractivity contribution is 0.477. The second-order valence-electron chi connectivity index (χ2n) is 4.47. The summed E-state index contributed by atoms with van der Waals surface area (Å²) >= 11 is 0. The zero-order chi connectivity index (χ0) is 10.7. The third kappa shape index (κ3) is 2.34. The van der Waals surface area contributed by atoms with E-state index in [1.165, 1.54) is 5.69 Å². The Morgan fingerprint density at radius 3 is 2.29 bits per heavy atom. The molecule has 0 unspecified atom stereocenters. The van der Waals surface area contributed by atoms with E-state index in [1.54, 1.807) is 0 Å². The van der Waals surface area contributed by atoms with Gasteiger partial charge in [0.2, 0.25) is 0 Å². The number of aromatic nitrogens is 3. The van der Waals surface area contributed by atoms with Gasteiger partial charge in [0.15, 0.2) is 0 Å². The summed E-state index contributed by atoms with van der Waals surface area (Å²) in [4.78, 5) is 0. The summed E-state index contributed by atoms with van der Waals surface area (Å²) in [6.07, 6.45) is 2.06. The maximum atomic E-state index is 4.22. The number of rotatable bonds is 4. The number of aryl methyl sites for hydroxylation is 1. The topological polar surface area (TPSA) is 30.7 Å². The summed E-state index contributed by atoms with van der Waals surface area (Å²) in [5.41, 5.74) is 2.48. The highest BCUT2D eigenvalue weighted by atomic mass is 15.4. The average Bonchev–Trinajstić information content (AvgIpc) is 2.46. The standard InChI is InChI=1S/C11H21N3/c1-6-10-11(7-8(2)3)14(9(4)5)13-12-10/h8-9H,6-7H2,1-5H3. The molecule has 80 valence electrons. The Morgan fingerprint density at radius 1 is 1.21 bits per heavy atom. The van der Waals surface area contributed by atoms with Crippen LogP contribution in [-0.4, -0.2) is 15.0 Å². The van der Waals surface area contributed by atoms with Crippen molar-refractivity contribution in [2.45, 2.75) is 53.5 Å². The van der Waals surface area contributed by atoms with Crippen LogP contribution in [0.2, 0.25) is 0 Å². The maximum absolute atomic E-state index is 4.22. The number of hydrogen-bond donors (Lipinski definition) is 0. The summed E-state index contributed by atoms with van der Waals surface area (Å²) in [5, 5.41) is 8.43. The van der Waals surface area contributed by atoms with Crippen LogP contribution in [-0.2, 0) is 12.8 Å². The van der Waals surface area contributed by atoms with Crippen molar-refractivity contribution in [3.05, 3.63) is 11.4 Å². The van der Waals surface area contributed by atoms with Crippen molar-refractivity contribution < 1.29 is 0 Å². The summed E-state index contributed by atoms with van der Waals surface area (Å²) in [5.74, 6) is 0.663. The number of hydrogen-bond acceptors (Lipinski definition) is 2. The summed E-state index contributed by atoms with van der Waals surface area (Å²) in [6, 6.07) is 0.413. The second-order valence-corrected chi connectivity index (χ2v) is 4.47. The van der Waals surface area contributed by atoms with Gasteiger partial charge in [0.1, 0.15) is 0 Å². The molecule has 3 nitrogen and oxygen atoms in total. The zero-order valence-corrected chi connectivity index (χ0v) is 9.91. The third-order valence-corrected chi connectivity index (χ3v) is 2.30. The van der Waals surface area contributed by atoms with Gasteiger partial charge >= 0.3 is 0 Å². The van der Waals surface area contributed by atoms with Crippen LogP contribution in [0.3, 0.4) is 0 Å². The zero-order valence-electron chi connectivity index (χ0n) is 9.91. The molecule has 1 aromatic rings. The van der Waals surface area contributed by atoms with E-state index in [4.69, 9.17) is 0 Å². The molecule has 0 saturated carbocycles. The lowest BCUT2D eigenvalue weighted by Crippen LogP contribution is -2.10. The smallest absolute Gasteiger partial charge is 0.0856 e. The van der Waals surface area contributed by atoms with E-state index < -0.39 is 0 Å². The van der Waals surface area contributed by atoms with Crippen molar-refractivity contribution in [2.75, 3.05) is 0 Å². The van der Waals surface area contributed by atoms with E-state index >= 15 is 0 Å². The SMILES string of the molecule is CCc1nnn(C(C)C)c1CC(C)C. The Bertz CT molecular complexity index is 287. The van der Waals surface area contributed by atoms with E-state index in [0.717, 1.165) is 18.5 Å². The molecule has 0 aromatic carbocycles. The first-order valence-corrected chi connectivity index (χ1v) is 5.49. The molecule has 0 saturated heterocycles. The van der Waals surface area contributed by atoms with Gasteiger partial charge < -0.3 is 0 Å². The molecule has 14 heavy (non-hydrogen) atoms. The normalized spacial score (nSPS) is 11.6. The van der Waals surface area contributed by atoms with E-state index in [-0.39, 0.29) is 0 Å². The molecule has 0 N–H and O–H groups in total. The van der Waals surface area contributed by atoms with Gasteiger partial charge in [-0.3, -0.25) is 0 Å². The first-order chi connectivity index (χ1) is 6.56. The largest absolute Gasteiger partial charge is 0.247 e. The van der Waals surface area contributed by atoms with Crippen molar-refractivity contribution >= 4 is 0 Å². The molecule has 0 atom stereocenters. The minimum absolute atomic E-state index is 0.413. The van der Waals surface area contributed by atoms with Crippen molar-refractivity contribution in [3.8, 4) is 0 Å². The monoisotopic (exact) mass is 195 g/mol. The van der Waals surface area contributed by atoms with Crippen LogP contribution in [0.4, 0.5) is 0 Å². The number of nitrogens with zero attached hydrogens (tertiary/aromatic N) is 3. The average molecular weight is 195 g/mol. The van der Waals surface area contributed by atoms with Crippen molar-refractivity contribution in [3.63, 3.8) is 0 Å². The van der Waals surface area contributed by atoms with Gasteiger partial charge in [0.25, 0.3) is 0 Å². The molecule has 0 bridgehead atoms. The molecule has 0 aliphatic heterocycles. The van der Waals surface area contributed by atoms with Gasteiger partial charge in [-0.25, -0.2) is 4.68 Å².